The highest BCUT2D eigenvalue weighted by molar-refractivity contribution is 5.79. The first-order chi connectivity index (χ1) is 14.1. The Morgan fingerprint density at radius 2 is 1.62 bits per heavy atom. The Kier molecular flexibility index (Phi) is 8.08. The van der Waals surface area contributed by atoms with Crippen molar-refractivity contribution >= 4 is 5.96 Å². The zero-order chi connectivity index (χ0) is 20.5. The molecule has 0 spiro atoms. The molecular weight excluding hydrogens is 358 g/mol. The van der Waals surface area contributed by atoms with Crippen LogP contribution in [0.1, 0.15) is 28.7 Å². The standard InChI is InChI=1S/C24H35N5/c1-20-7-4-5-8-23(20)18-27-24(25-2)26-17-21-9-11-22(12-10-21)19-29-14-6-13-28(3)15-16-29/h4-5,7-12H,6,13-19H2,1-3H3,(H2,25,26,27). The first kappa shape index (κ1) is 21.3. The van der Waals surface area contributed by atoms with Crippen molar-refractivity contribution in [2.45, 2.75) is 33.0 Å². The van der Waals surface area contributed by atoms with E-state index >= 15 is 0 Å². The van der Waals surface area contributed by atoms with Crippen LogP contribution < -0.4 is 10.6 Å². The van der Waals surface area contributed by atoms with Crippen molar-refractivity contribution in [3.05, 3.63) is 70.8 Å². The van der Waals surface area contributed by atoms with E-state index in [0.717, 1.165) is 38.7 Å². The summed E-state index contributed by atoms with van der Waals surface area (Å²) in [5.74, 6) is 0.825. The molecule has 5 nitrogen and oxygen atoms in total. The fourth-order valence-electron chi connectivity index (χ4n) is 3.67. The van der Waals surface area contributed by atoms with E-state index < -0.39 is 0 Å². The molecule has 1 fully saturated rings. The molecule has 1 aliphatic heterocycles. The number of benzene rings is 2. The monoisotopic (exact) mass is 393 g/mol. The van der Waals surface area contributed by atoms with Crippen LogP contribution in [0.4, 0.5) is 0 Å². The summed E-state index contributed by atoms with van der Waals surface area (Å²) in [6.07, 6.45) is 1.26. The molecule has 0 amide bonds. The maximum Gasteiger partial charge on any atom is 0.191 e. The number of nitrogens with zero attached hydrogens (tertiary/aromatic N) is 3. The minimum Gasteiger partial charge on any atom is -0.352 e. The van der Waals surface area contributed by atoms with Crippen LogP contribution >= 0.6 is 0 Å². The maximum absolute atomic E-state index is 4.34. The van der Waals surface area contributed by atoms with E-state index in [1.807, 2.05) is 7.05 Å². The number of hydrogen-bond acceptors (Lipinski definition) is 3. The second kappa shape index (κ2) is 11.0. The summed E-state index contributed by atoms with van der Waals surface area (Å²) in [7, 11) is 4.03. The van der Waals surface area contributed by atoms with Gasteiger partial charge in [-0.15, -0.1) is 0 Å². The molecule has 1 saturated heterocycles. The molecular formula is C24H35N5. The lowest BCUT2D eigenvalue weighted by Gasteiger charge is -2.20. The predicted molar refractivity (Wildman–Crippen MR) is 122 cm³/mol. The van der Waals surface area contributed by atoms with E-state index in [9.17, 15) is 0 Å². The van der Waals surface area contributed by atoms with Gasteiger partial charge in [-0.25, -0.2) is 0 Å². The molecule has 3 rings (SSSR count). The SMILES string of the molecule is CN=C(NCc1ccc(CN2CCCN(C)CC2)cc1)NCc1ccccc1C. The maximum atomic E-state index is 4.34. The van der Waals surface area contributed by atoms with Crippen LogP contribution in [0.5, 0.6) is 0 Å². The van der Waals surface area contributed by atoms with Gasteiger partial charge in [0.25, 0.3) is 0 Å². The van der Waals surface area contributed by atoms with Gasteiger partial charge in [-0.1, -0.05) is 48.5 Å². The molecule has 0 atom stereocenters. The summed E-state index contributed by atoms with van der Waals surface area (Å²) >= 11 is 0. The third-order valence-electron chi connectivity index (χ3n) is 5.63. The van der Waals surface area contributed by atoms with Gasteiger partial charge >= 0.3 is 0 Å². The molecule has 1 aliphatic rings. The average molecular weight is 394 g/mol. The van der Waals surface area contributed by atoms with Crippen LogP contribution in [0, 0.1) is 6.92 Å². The van der Waals surface area contributed by atoms with Crippen molar-refractivity contribution in [3.63, 3.8) is 0 Å². The van der Waals surface area contributed by atoms with Crippen LogP contribution in [-0.4, -0.2) is 56.0 Å². The second-order valence-electron chi connectivity index (χ2n) is 7.96. The van der Waals surface area contributed by atoms with Gasteiger partial charge in [-0.2, -0.15) is 0 Å². The molecule has 0 radical (unpaired) electrons. The van der Waals surface area contributed by atoms with Crippen molar-refractivity contribution in [2.75, 3.05) is 40.3 Å². The highest BCUT2D eigenvalue weighted by atomic mass is 15.2. The van der Waals surface area contributed by atoms with E-state index in [1.165, 1.54) is 41.8 Å². The van der Waals surface area contributed by atoms with E-state index in [0.29, 0.717) is 0 Å². The lowest BCUT2D eigenvalue weighted by molar-refractivity contribution is 0.269. The lowest BCUT2D eigenvalue weighted by atomic mass is 10.1. The Labute approximate surface area is 175 Å². The fourth-order valence-corrected chi connectivity index (χ4v) is 3.67. The molecule has 0 unspecified atom stereocenters. The Bertz CT molecular complexity index is 784. The smallest absolute Gasteiger partial charge is 0.191 e. The largest absolute Gasteiger partial charge is 0.352 e. The van der Waals surface area contributed by atoms with Crippen molar-refractivity contribution < 1.29 is 0 Å². The summed E-state index contributed by atoms with van der Waals surface area (Å²) in [5.41, 5.74) is 5.24. The Hall–Kier alpha value is -2.37. The fraction of sp³-hybridized carbons (Fsp3) is 0.458. The molecule has 1 heterocycles. The Balaban J connectivity index is 1.45. The highest BCUT2D eigenvalue weighted by Crippen LogP contribution is 2.10. The molecule has 0 aliphatic carbocycles. The topological polar surface area (TPSA) is 42.9 Å². The summed E-state index contributed by atoms with van der Waals surface area (Å²) in [6, 6.07) is 17.4. The Morgan fingerprint density at radius 1 is 0.897 bits per heavy atom. The van der Waals surface area contributed by atoms with Crippen molar-refractivity contribution in [2.24, 2.45) is 4.99 Å². The number of rotatable bonds is 6. The lowest BCUT2D eigenvalue weighted by Crippen LogP contribution is -2.36. The van der Waals surface area contributed by atoms with Gasteiger partial charge in [0.2, 0.25) is 0 Å². The molecule has 156 valence electrons. The van der Waals surface area contributed by atoms with Gasteiger partial charge in [0.1, 0.15) is 0 Å². The van der Waals surface area contributed by atoms with E-state index in [1.54, 1.807) is 0 Å². The molecule has 2 aromatic carbocycles. The summed E-state index contributed by atoms with van der Waals surface area (Å²) < 4.78 is 0. The van der Waals surface area contributed by atoms with Crippen molar-refractivity contribution in [3.8, 4) is 0 Å². The molecule has 0 bridgehead atoms. The van der Waals surface area contributed by atoms with E-state index in [-0.39, 0.29) is 0 Å². The first-order valence-corrected chi connectivity index (χ1v) is 10.6. The number of aliphatic imine (C=N–C) groups is 1. The van der Waals surface area contributed by atoms with Gasteiger partial charge in [0.15, 0.2) is 5.96 Å². The van der Waals surface area contributed by atoms with E-state index in [2.05, 4.69) is 87.9 Å². The van der Waals surface area contributed by atoms with Crippen molar-refractivity contribution in [1.29, 1.82) is 0 Å². The zero-order valence-electron chi connectivity index (χ0n) is 18.1. The molecule has 29 heavy (non-hydrogen) atoms. The molecule has 5 heteroatoms. The Morgan fingerprint density at radius 3 is 2.38 bits per heavy atom. The first-order valence-electron chi connectivity index (χ1n) is 10.6. The number of nitrogens with one attached hydrogen (secondary N) is 2. The van der Waals surface area contributed by atoms with Crippen LogP contribution in [0.25, 0.3) is 0 Å². The number of likely N-dealkylation sites (N-methyl/N-ethyl adjacent to an activating group) is 1. The minimum atomic E-state index is 0.766. The predicted octanol–water partition coefficient (Wildman–Crippen LogP) is 3.00. The second-order valence-corrected chi connectivity index (χ2v) is 7.96. The molecule has 2 N–H and O–H groups in total. The number of guanidine groups is 1. The zero-order valence-corrected chi connectivity index (χ0v) is 18.1. The summed E-state index contributed by atoms with van der Waals surface area (Å²) in [5, 5.41) is 6.81. The van der Waals surface area contributed by atoms with Gasteiger partial charge in [-0.05, 0) is 55.7 Å². The van der Waals surface area contributed by atoms with Crippen molar-refractivity contribution in [1.82, 2.24) is 20.4 Å². The number of hydrogen-bond donors (Lipinski definition) is 2. The van der Waals surface area contributed by atoms with Gasteiger partial charge in [0, 0.05) is 39.8 Å². The average Bonchev–Trinajstić information content (AvgIpc) is 2.94. The quantitative estimate of drug-likeness (QED) is 0.585. The van der Waals surface area contributed by atoms with Gasteiger partial charge in [0.05, 0.1) is 0 Å². The molecule has 0 aromatic heterocycles. The van der Waals surface area contributed by atoms with E-state index in [4.69, 9.17) is 0 Å². The summed E-state index contributed by atoms with van der Waals surface area (Å²) in [4.78, 5) is 9.33. The molecule has 2 aromatic rings. The summed E-state index contributed by atoms with van der Waals surface area (Å²) in [6.45, 7) is 9.44. The van der Waals surface area contributed by atoms with Crippen LogP contribution in [-0.2, 0) is 19.6 Å². The van der Waals surface area contributed by atoms with Gasteiger partial charge in [-0.3, -0.25) is 9.89 Å². The normalized spacial score (nSPS) is 16.4. The minimum absolute atomic E-state index is 0.766. The van der Waals surface area contributed by atoms with Crippen LogP contribution in [0.3, 0.4) is 0 Å². The van der Waals surface area contributed by atoms with Crippen LogP contribution in [0.15, 0.2) is 53.5 Å². The van der Waals surface area contributed by atoms with Gasteiger partial charge < -0.3 is 15.5 Å². The highest BCUT2D eigenvalue weighted by Gasteiger charge is 2.12. The molecule has 0 saturated carbocycles. The van der Waals surface area contributed by atoms with Crippen LogP contribution in [0.2, 0.25) is 0 Å². The third kappa shape index (κ3) is 6.87. The third-order valence-corrected chi connectivity index (χ3v) is 5.63. The number of aryl methyl sites for hydroxylation is 1.